The number of methoxy groups -OCH3 is 1. The second-order valence-electron chi connectivity index (χ2n) is 4.19. The Kier molecular flexibility index (Phi) is 4.43. The topological polar surface area (TPSA) is 41.7 Å². The molecule has 0 bridgehead atoms. The largest absolute Gasteiger partial charge is 0.497 e. The maximum atomic E-state index is 5.81. The van der Waals surface area contributed by atoms with Crippen LogP contribution in [-0.2, 0) is 0 Å². The summed E-state index contributed by atoms with van der Waals surface area (Å²) in [7, 11) is 7.83. The first-order valence-electron chi connectivity index (χ1n) is 5.33. The molecule has 4 nitrogen and oxygen atoms in total. The zero-order chi connectivity index (χ0) is 12.1. The van der Waals surface area contributed by atoms with Crippen LogP contribution in [0.5, 0.6) is 5.75 Å². The molecule has 0 aliphatic carbocycles. The quantitative estimate of drug-likeness (QED) is 0.763. The van der Waals surface area contributed by atoms with Gasteiger partial charge in [0, 0.05) is 43.6 Å². The molecule has 0 saturated carbocycles. The Morgan fingerprint density at radius 1 is 1.12 bits per heavy atom. The van der Waals surface area contributed by atoms with E-state index < -0.39 is 0 Å². The van der Waals surface area contributed by atoms with E-state index in [0.717, 1.165) is 30.2 Å². The number of nitrogen functional groups attached to an aromatic ring is 1. The Balaban J connectivity index is 2.74. The van der Waals surface area contributed by atoms with Crippen LogP contribution in [0, 0.1) is 0 Å². The smallest absolute Gasteiger partial charge is 0.122 e. The third-order valence-corrected chi connectivity index (χ3v) is 2.47. The molecule has 0 heterocycles. The molecule has 0 aromatic heterocycles. The molecule has 0 fully saturated rings. The van der Waals surface area contributed by atoms with Crippen LogP contribution < -0.4 is 15.4 Å². The van der Waals surface area contributed by atoms with Crippen molar-refractivity contribution in [2.75, 3.05) is 52.0 Å². The van der Waals surface area contributed by atoms with E-state index in [0.29, 0.717) is 0 Å². The number of ether oxygens (including phenoxy) is 1. The van der Waals surface area contributed by atoms with Crippen LogP contribution in [0.3, 0.4) is 0 Å². The van der Waals surface area contributed by atoms with Crippen molar-refractivity contribution in [2.24, 2.45) is 0 Å². The second kappa shape index (κ2) is 5.61. The van der Waals surface area contributed by atoms with Gasteiger partial charge in [0.05, 0.1) is 7.11 Å². The Labute approximate surface area is 97.6 Å². The summed E-state index contributed by atoms with van der Waals surface area (Å²) in [5, 5.41) is 0. The van der Waals surface area contributed by atoms with Crippen LogP contribution in [0.15, 0.2) is 18.2 Å². The highest BCUT2D eigenvalue weighted by molar-refractivity contribution is 5.60. The van der Waals surface area contributed by atoms with E-state index in [1.54, 1.807) is 7.11 Å². The predicted octanol–water partition coefficient (Wildman–Crippen LogP) is 1.28. The molecule has 1 rings (SSSR count). The van der Waals surface area contributed by atoms with Crippen molar-refractivity contribution in [3.05, 3.63) is 18.2 Å². The summed E-state index contributed by atoms with van der Waals surface area (Å²) in [5.41, 5.74) is 7.62. The first kappa shape index (κ1) is 12.6. The summed E-state index contributed by atoms with van der Waals surface area (Å²) in [4.78, 5) is 4.32. The molecule has 0 amide bonds. The number of hydrogen-bond donors (Lipinski definition) is 1. The fourth-order valence-corrected chi connectivity index (χ4v) is 1.42. The Bertz CT molecular complexity index is 339. The first-order chi connectivity index (χ1) is 7.52. The van der Waals surface area contributed by atoms with Crippen LogP contribution in [0.25, 0.3) is 0 Å². The molecular weight excluding hydrogens is 202 g/mol. The molecule has 0 aliphatic heterocycles. The molecule has 90 valence electrons. The van der Waals surface area contributed by atoms with E-state index in [-0.39, 0.29) is 0 Å². The molecule has 2 N–H and O–H groups in total. The Morgan fingerprint density at radius 2 is 1.81 bits per heavy atom. The van der Waals surface area contributed by atoms with Crippen molar-refractivity contribution < 1.29 is 4.74 Å². The van der Waals surface area contributed by atoms with E-state index in [2.05, 4.69) is 30.9 Å². The minimum atomic E-state index is 0.728. The number of hydrogen-bond acceptors (Lipinski definition) is 4. The normalized spacial score (nSPS) is 10.6. The summed E-state index contributed by atoms with van der Waals surface area (Å²) in [6, 6.07) is 5.77. The van der Waals surface area contributed by atoms with Crippen molar-refractivity contribution >= 4 is 11.4 Å². The average molecular weight is 223 g/mol. The van der Waals surface area contributed by atoms with E-state index in [9.17, 15) is 0 Å². The summed E-state index contributed by atoms with van der Waals surface area (Å²) in [5.74, 6) is 0.798. The zero-order valence-electron chi connectivity index (χ0n) is 10.5. The van der Waals surface area contributed by atoms with E-state index in [1.165, 1.54) is 0 Å². The van der Waals surface area contributed by atoms with Gasteiger partial charge >= 0.3 is 0 Å². The lowest BCUT2D eigenvalue weighted by Crippen LogP contribution is -2.28. The van der Waals surface area contributed by atoms with Crippen LogP contribution in [0.2, 0.25) is 0 Å². The lowest BCUT2D eigenvalue weighted by molar-refractivity contribution is 0.412. The highest BCUT2D eigenvalue weighted by Gasteiger charge is 2.04. The number of benzene rings is 1. The van der Waals surface area contributed by atoms with E-state index in [4.69, 9.17) is 10.5 Å². The van der Waals surface area contributed by atoms with Gasteiger partial charge in [0.1, 0.15) is 5.75 Å². The minimum Gasteiger partial charge on any atom is -0.497 e. The van der Waals surface area contributed by atoms with E-state index in [1.807, 2.05) is 18.2 Å². The average Bonchev–Trinajstić information content (AvgIpc) is 2.24. The van der Waals surface area contributed by atoms with Crippen molar-refractivity contribution in [1.29, 1.82) is 0 Å². The van der Waals surface area contributed by atoms with Gasteiger partial charge in [-0.3, -0.25) is 0 Å². The Hall–Kier alpha value is -1.42. The molecule has 1 aromatic carbocycles. The number of anilines is 2. The van der Waals surface area contributed by atoms with Gasteiger partial charge in [0.15, 0.2) is 0 Å². The molecule has 4 heteroatoms. The molecule has 16 heavy (non-hydrogen) atoms. The van der Waals surface area contributed by atoms with E-state index >= 15 is 0 Å². The molecule has 0 aliphatic rings. The molecular formula is C12H21N3O. The molecule has 1 aromatic rings. The molecule has 0 radical (unpaired) electrons. The molecule has 0 saturated heterocycles. The van der Waals surface area contributed by atoms with Crippen molar-refractivity contribution in [3.63, 3.8) is 0 Å². The van der Waals surface area contributed by atoms with Gasteiger partial charge in [-0.05, 0) is 20.2 Å². The SMILES string of the molecule is COc1cc(N)cc(N(C)CCN(C)C)c1. The predicted molar refractivity (Wildman–Crippen MR) is 69.2 cm³/mol. The summed E-state index contributed by atoms with van der Waals surface area (Å²) in [6.07, 6.45) is 0. The van der Waals surface area contributed by atoms with Crippen LogP contribution >= 0.6 is 0 Å². The fraction of sp³-hybridized carbons (Fsp3) is 0.500. The van der Waals surface area contributed by atoms with Gasteiger partial charge in [-0.15, -0.1) is 0 Å². The molecule has 0 unspecified atom stereocenters. The van der Waals surface area contributed by atoms with Gasteiger partial charge in [-0.2, -0.15) is 0 Å². The van der Waals surface area contributed by atoms with Crippen molar-refractivity contribution in [1.82, 2.24) is 4.90 Å². The lowest BCUT2D eigenvalue weighted by Gasteiger charge is -2.22. The van der Waals surface area contributed by atoms with Crippen molar-refractivity contribution in [2.45, 2.75) is 0 Å². The number of nitrogens with two attached hydrogens (primary N) is 1. The summed E-state index contributed by atoms with van der Waals surface area (Å²) < 4.78 is 5.19. The zero-order valence-corrected chi connectivity index (χ0v) is 10.5. The molecule has 0 spiro atoms. The lowest BCUT2D eigenvalue weighted by atomic mass is 10.2. The van der Waals surface area contributed by atoms with Gasteiger partial charge in [0.2, 0.25) is 0 Å². The molecule has 0 atom stereocenters. The maximum absolute atomic E-state index is 5.81. The number of nitrogens with zero attached hydrogens (tertiary/aromatic N) is 2. The summed E-state index contributed by atoms with van der Waals surface area (Å²) in [6.45, 7) is 1.97. The van der Waals surface area contributed by atoms with Gasteiger partial charge in [-0.1, -0.05) is 0 Å². The first-order valence-corrected chi connectivity index (χ1v) is 5.33. The highest BCUT2D eigenvalue weighted by atomic mass is 16.5. The van der Waals surface area contributed by atoms with Crippen LogP contribution in [0.1, 0.15) is 0 Å². The number of rotatable bonds is 5. The standard InChI is InChI=1S/C12H21N3O/c1-14(2)5-6-15(3)11-7-10(13)8-12(9-11)16-4/h7-9H,5-6,13H2,1-4H3. The highest BCUT2D eigenvalue weighted by Crippen LogP contribution is 2.24. The Morgan fingerprint density at radius 3 is 2.38 bits per heavy atom. The maximum Gasteiger partial charge on any atom is 0.122 e. The van der Waals surface area contributed by atoms with Gasteiger partial charge in [0.25, 0.3) is 0 Å². The van der Waals surface area contributed by atoms with Gasteiger partial charge < -0.3 is 20.3 Å². The third-order valence-electron chi connectivity index (χ3n) is 2.47. The third kappa shape index (κ3) is 3.62. The number of likely N-dealkylation sites (N-methyl/N-ethyl adjacent to an activating group) is 2. The fourth-order valence-electron chi connectivity index (χ4n) is 1.42. The van der Waals surface area contributed by atoms with Gasteiger partial charge in [-0.25, -0.2) is 0 Å². The second-order valence-corrected chi connectivity index (χ2v) is 4.19. The summed E-state index contributed by atoms with van der Waals surface area (Å²) >= 11 is 0. The monoisotopic (exact) mass is 223 g/mol. The van der Waals surface area contributed by atoms with Crippen molar-refractivity contribution in [3.8, 4) is 5.75 Å². The minimum absolute atomic E-state index is 0.728. The van der Waals surface area contributed by atoms with Crippen LogP contribution in [-0.4, -0.2) is 46.2 Å². The van der Waals surface area contributed by atoms with Crippen LogP contribution in [0.4, 0.5) is 11.4 Å².